The Morgan fingerprint density at radius 3 is 2.27 bits per heavy atom. The lowest BCUT2D eigenvalue weighted by Crippen LogP contribution is -2.40. The van der Waals surface area contributed by atoms with Gasteiger partial charge in [-0.25, -0.2) is 0 Å². The summed E-state index contributed by atoms with van der Waals surface area (Å²) in [6.07, 6.45) is 2.62. The minimum Gasteiger partial charge on any atom is -0.387 e. The Kier molecular flexibility index (Phi) is 4.58. The van der Waals surface area contributed by atoms with E-state index >= 15 is 0 Å². The number of rotatable bonds is 4. The molecule has 0 amide bonds. The van der Waals surface area contributed by atoms with Crippen molar-refractivity contribution in [3.8, 4) is 0 Å². The maximum Gasteiger partial charge on any atom is 0.0947 e. The molecule has 3 heteroatoms. The normalized spacial score (nSPS) is 21.9. The van der Waals surface area contributed by atoms with E-state index in [0.717, 1.165) is 18.4 Å². The molecular formula is C12H25N3. The SMILES string of the molecule is CC(CN1CCC(C(C)C)CC1)C(=N)N. The molecule has 0 aromatic rings. The third-order valence-corrected chi connectivity index (χ3v) is 3.64. The standard InChI is InChI=1S/C12H25N3/c1-9(2)11-4-6-15(7-5-11)8-10(3)12(13)14/h9-11H,4-8H2,1-3H3,(H3,13,14). The second kappa shape index (κ2) is 5.50. The molecule has 0 aromatic carbocycles. The van der Waals surface area contributed by atoms with Crippen molar-refractivity contribution >= 4 is 5.84 Å². The van der Waals surface area contributed by atoms with Crippen LogP contribution in [0.4, 0.5) is 0 Å². The summed E-state index contributed by atoms with van der Waals surface area (Å²) in [7, 11) is 0. The first kappa shape index (κ1) is 12.5. The van der Waals surface area contributed by atoms with E-state index in [1.165, 1.54) is 25.9 Å². The molecule has 1 fully saturated rings. The zero-order valence-electron chi connectivity index (χ0n) is 10.3. The van der Waals surface area contributed by atoms with Crippen LogP contribution in [-0.4, -0.2) is 30.4 Å². The maximum absolute atomic E-state index is 7.38. The van der Waals surface area contributed by atoms with Crippen molar-refractivity contribution in [2.75, 3.05) is 19.6 Å². The van der Waals surface area contributed by atoms with E-state index in [1.807, 2.05) is 6.92 Å². The molecule has 0 saturated carbocycles. The van der Waals surface area contributed by atoms with E-state index in [9.17, 15) is 0 Å². The summed E-state index contributed by atoms with van der Waals surface area (Å²) in [6.45, 7) is 10.00. The van der Waals surface area contributed by atoms with Crippen molar-refractivity contribution in [1.82, 2.24) is 4.90 Å². The minimum atomic E-state index is 0.209. The van der Waals surface area contributed by atoms with Crippen LogP contribution in [0.15, 0.2) is 0 Å². The van der Waals surface area contributed by atoms with Gasteiger partial charge in [0, 0.05) is 12.5 Å². The molecule has 0 aromatic heterocycles. The van der Waals surface area contributed by atoms with Crippen LogP contribution in [0.3, 0.4) is 0 Å². The van der Waals surface area contributed by atoms with Crippen LogP contribution in [0.2, 0.25) is 0 Å². The number of likely N-dealkylation sites (tertiary alicyclic amines) is 1. The largest absolute Gasteiger partial charge is 0.387 e. The Hall–Kier alpha value is -0.570. The molecule has 1 heterocycles. The zero-order chi connectivity index (χ0) is 11.4. The fourth-order valence-electron chi connectivity index (χ4n) is 2.29. The second-order valence-corrected chi connectivity index (χ2v) is 5.24. The van der Waals surface area contributed by atoms with Gasteiger partial charge in [0.05, 0.1) is 5.84 Å². The van der Waals surface area contributed by atoms with Crippen LogP contribution in [0, 0.1) is 23.2 Å². The van der Waals surface area contributed by atoms with Crippen LogP contribution in [-0.2, 0) is 0 Å². The van der Waals surface area contributed by atoms with Gasteiger partial charge in [-0.3, -0.25) is 5.41 Å². The van der Waals surface area contributed by atoms with Crippen molar-refractivity contribution in [3.63, 3.8) is 0 Å². The van der Waals surface area contributed by atoms with Crippen LogP contribution in [0.1, 0.15) is 33.6 Å². The molecule has 1 atom stereocenters. The first-order valence-corrected chi connectivity index (χ1v) is 6.07. The molecule has 3 N–H and O–H groups in total. The average molecular weight is 211 g/mol. The van der Waals surface area contributed by atoms with Crippen molar-refractivity contribution in [1.29, 1.82) is 5.41 Å². The summed E-state index contributed by atoms with van der Waals surface area (Å²) in [5, 5.41) is 7.38. The highest BCUT2D eigenvalue weighted by molar-refractivity contribution is 5.79. The number of nitrogens with one attached hydrogen (secondary N) is 1. The highest BCUT2D eigenvalue weighted by atomic mass is 15.1. The van der Waals surface area contributed by atoms with Crippen LogP contribution >= 0.6 is 0 Å². The lowest BCUT2D eigenvalue weighted by molar-refractivity contribution is 0.151. The molecule has 0 aliphatic carbocycles. The molecular weight excluding hydrogens is 186 g/mol. The number of nitrogens with two attached hydrogens (primary N) is 1. The van der Waals surface area contributed by atoms with E-state index in [-0.39, 0.29) is 5.92 Å². The van der Waals surface area contributed by atoms with E-state index in [1.54, 1.807) is 0 Å². The summed E-state index contributed by atoms with van der Waals surface area (Å²) in [6, 6.07) is 0. The Bertz CT molecular complexity index is 205. The molecule has 1 unspecified atom stereocenters. The maximum atomic E-state index is 7.38. The summed E-state index contributed by atoms with van der Waals surface area (Å²) in [5.41, 5.74) is 5.49. The predicted octanol–water partition coefficient (Wildman–Crippen LogP) is 1.93. The number of hydrogen-bond acceptors (Lipinski definition) is 2. The Morgan fingerprint density at radius 1 is 1.33 bits per heavy atom. The fourth-order valence-corrected chi connectivity index (χ4v) is 2.29. The molecule has 3 nitrogen and oxygen atoms in total. The Morgan fingerprint density at radius 2 is 1.87 bits per heavy atom. The quantitative estimate of drug-likeness (QED) is 0.551. The molecule has 0 bridgehead atoms. The number of nitrogens with zero attached hydrogens (tertiary/aromatic N) is 1. The molecule has 1 saturated heterocycles. The second-order valence-electron chi connectivity index (χ2n) is 5.24. The van der Waals surface area contributed by atoms with Gasteiger partial charge in [0.25, 0.3) is 0 Å². The zero-order valence-corrected chi connectivity index (χ0v) is 10.3. The van der Waals surface area contributed by atoms with Gasteiger partial charge >= 0.3 is 0 Å². The van der Waals surface area contributed by atoms with Gasteiger partial charge in [-0.2, -0.15) is 0 Å². The van der Waals surface area contributed by atoms with Crippen LogP contribution < -0.4 is 5.73 Å². The van der Waals surface area contributed by atoms with E-state index < -0.39 is 0 Å². The first-order valence-electron chi connectivity index (χ1n) is 6.07. The van der Waals surface area contributed by atoms with Gasteiger partial charge in [-0.05, 0) is 37.8 Å². The van der Waals surface area contributed by atoms with Gasteiger partial charge in [0.1, 0.15) is 0 Å². The lowest BCUT2D eigenvalue weighted by Gasteiger charge is -2.34. The molecule has 0 spiro atoms. The third kappa shape index (κ3) is 3.82. The summed E-state index contributed by atoms with van der Waals surface area (Å²) >= 11 is 0. The number of hydrogen-bond donors (Lipinski definition) is 2. The van der Waals surface area contributed by atoms with Crippen LogP contribution in [0.5, 0.6) is 0 Å². The minimum absolute atomic E-state index is 0.209. The number of amidine groups is 1. The van der Waals surface area contributed by atoms with Gasteiger partial charge in [-0.1, -0.05) is 20.8 Å². The van der Waals surface area contributed by atoms with E-state index in [4.69, 9.17) is 11.1 Å². The fraction of sp³-hybridized carbons (Fsp3) is 0.917. The van der Waals surface area contributed by atoms with Crippen LogP contribution in [0.25, 0.3) is 0 Å². The number of piperidine rings is 1. The van der Waals surface area contributed by atoms with Crippen molar-refractivity contribution in [2.24, 2.45) is 23.5 Å². The molecule has 15 heavy (non-hydrogen) atoms. The monoisotopic (exact) mass is 211 g/mol. The van der Waals surface area contributed by atoms with Crippen molar-refractivity contribution in [3.05, 3.63) is 0 Å². The highest BCUT2D eigenvalue weighted by Crippen LogP contribution is 2.24. The van der Waals surface area contributed by atoms with Gasteiger partial charge in [-0.15, -0.1) is 0 Å². The van der Waals surface area contributed by atoms with Crippen molar-refractivity contribution < 1.29 is 0 Å². The Labute approximate surface area is 93.5 Å². The average Bonchev–Trinajstić information content (AvgIpc) is 2.18. The van der Waals surface area contributed by atoms with Gasteiger partial charge in [0.2, 0.25) is 0 Å². The van der Waals surface area contributed by atoms with E-state index in [0.29, 0.717) is 5.84 Å². The first-order chi connectivity index (χ1) is 7.00. The van der Waals surface area contributed by atoms with Gasteiger partial charge < -0.3 is 10.6 Å². The molecule has 1 aliphatic heterocycles. The van der Waals surface area contributed by atoms with Gasteiger partial charge in [0.15, 0.2) is 0 Å². The summed E-state index contributed by atoms with van der Waals surface area (Å²) < 4.78 is 0. The predicted molar refractivity (Wildman–Crippen MR) is 65.1 cm³/mol. The Balaban J connectivity index is 2.28. The third-order valence-electron chi connectivity index (χ3n) is 3.64. The van der Waals surface area contributed by atoms with Crippen molar-refractivity contribution in [2.45, 2.75) is 33.6 Å². The molecule has 0 radical (unpaired) electrons. The summed E-state index contributed by atoms with van der Waals surface area (Å²) in [4.78, 5) is 2.45. The summed E-state index contributed by atoms with van der Waals surface area (Å²) in [5.74, 6) is 2.24. The smallest absolute Gasteiger partial charge is 0.0947 e. The molecule has 1 aliphatic rings. The molecule has 88 valence electrons. The van der Waals surface area contributed by atoms with E-state index in [2.05, 4.69) is 18.7 Å². The molecule has 1 rings (SSSR count). The lowest BCUT2D eigenvalue weighted by atomic mass is 9.86. The topological polar surface area (TPSA) is 53.1 Å². The highest BCUT2D eigenvalue weighted by Gasteiger charge is 2.22.